The van der Waals surface area contributed by atoms with Gasteiger partial charge in [-0.3, -0.25) is 24.3 Å². The molecule has 5 rings (SSSR count). The molecule has 0 saturated carbocycles. The molecule has 44 heavy (non-hydrogen) atoms. The van der Waals surface area contributed by atoms with Gasteiger partial charge in [0.05, 0.1) is 24.9 Å². The number of thioether (sulfide) groups is 1. The lowest BCUT2D eigenvalue weighted by Gasteiger charge is -2.40. The van der Waals surface area contributed by atoms with Crippen LogP contribution in [-0.4, -0.2) is 87.0 Å². The Morgan fingerprint density at radius 3 is 2.43 bits per heavy atom. The summed E-state index contributed by atoms with van der Waals surface area (Å²) in [5.74, 6) is 1.73. The number of piperazine rings is 1. The van der Waals surface area contributed by atoms with Gasteiger partial charge in [-0.2, -0.15) is 0 Å². The van der Waals surface area contributed by atoms with Crippen LogP contribution in [0.1, 0.15) is 22.8 Å². The Morgan fingerprint density at radius 1 is 1.00 bits per heavy atom. The topological polar surface area (TPSA) is 133 Å². The summed E-state index contributed by atoms with van der Waals surface area (Å²) in [5, 5.41) is 20.8. The van der Waals surface area contributed by atoms with Gasteiger partial charge in [0.25, 0.3) is 11.6 Å². The standard InChI is InChI=1S/C31H32N6O6S/c1-20-8-9-23(17-27(20)37(40)41)30(39)35-15-14-34(18-21(35)2)28(38)19-44-31-33-32-29(22-6-5-7-26(16-22)43-4)36(31)24-10-12-25(42-3)13-11-24/h5-13,16-17,21H,14-15,18-19H2,1-4H3. The summed E-state index contributed by atoms with van der Waals surface area (Å²) in [5.41, 5.74) is 2.27. The first kappa shape index (κ1) is 30.5. The van der Waals surface area contributed by atoms with Gasteiger partial charge in [-0.15, -0.1) is 10.2 Å². The maximum absolute atomic E-state index is 13.3. The third-order valence-electron chi connectivity index (χ3n) is 7.51. The Kier molecular flexibility index (Phi) is 9.14. The lowest BCUT2D eigenvalue weighted by atomic mass is 10.1. The van der Waals surface area contributed by atoms with Crippen LogP contribution in [-0.2, 0) is 4.79 Å². The third kappa shape index (κ3) is 6.37. The predicted octanol–water partition coefficient (Wildman–Crippen LogP) is 4.63. The number of methoxy groups -OCH3 is 2. The highest BCUT2D eigenvalue weighted by molar-refractivity contribution is 7.99. The van der Waals surface area contributed by atoms with Gasteiger partial charge in [0.1, 0.15) is 11.5 Å². The van der Waals surface area contributed by atoms with Gasteiger partial charge in [0.2, 0.25) is 5.91 Å². The molecule has 228 valence electrons. The molecule has 4 aromatic rings. The van der Waals surface area contributed by atoms with Gasteiger partial charge < -0.3 is 19.3 Å². The first-order valence-corrected chi connectivity index (χ1v) is 14.9. The lowest BCUT2D eigenvalue weighted by Crippen LogP contribution is -2.55. The van der Waals surface area contributed by atoms with Crippen molar-refractivity contribution in [3.8, 4) is 28.6 Å². The first-order chi connectivity index (χ1) is 21.2. The fourth-order valence-electron chi connectivity index (χ4n) is 5.08. The second-order valence-electron chi connectivity index (χ2n) is 10.3. The minimum Gasteiger partial charge on any atom is -0.497 e. The van der Waals surface area contributed by atoms with Crippen molar-refractivity contribution < 1.29 is 24.0 Å². The molecule has 0 N–H and O–H groups in total. The zero-order valence-corrected chi connectivity index (χ0v) is 25.6. The molecule has 1 aliphatic heterocycles. The number of carbonyl (C=O) groups is 2. The molecule has 1 saturated heterocycles. The second kappa shape index (κ2) is 13.2. The summed E-state index contributed by atoms with van der Waals surface area (Å²) in [6.45, 7) is 4.52. The van der Waals surface area contributed by atoms with E-state index in [4.69, 9.17) is 9.47 Å². The largest absolute Gasteiger partial charge is 0.497 e. The van der Waals surface area contributed by atoms with Crippen molar-refractivity contribution in [2.45, 2.75) is 25.0 Å². The molecule has 1 atom stereocenters. The lowest BCUT2D eigenvalue weighted by molar-refractivity contribution is -0.385. The Balaban J connectivity index is 1.30. The van der Waals surface area contributed by atoms with E-state index >= 15 is 0 Å². The average molecular weight is 617 g/mol. The summed E-state index contributed by atoms with van der Waals surface area (Å²) < 4.78 is 12.6. The SMILES string of the molecule is COc1ccc(-n2c(SCC(=O)N3CCN(C(=O)c4ccc(C)c([N+](=O)[O-])c4)C(C)C3)nnc2-c2cccc(OC)c2)cc1. The fourth-order valence-corrected chi connectivity index (χ4v) is 5.94. The van der Waals surface area contributed by atoms with E-state index < -0.39 is 4.92 Å². The number of nitrogens with zero attached hydrogens (tertiary/aromatic N) is 6. The predicted molar refractivity (Wildman–Crippen MR) is 166 cm³/mol. The number of aryl methyl sites for hydroxylation is 1. The van der Waals surface area contributed by atoms with E-state index in [1.807, 2.05) is 60.0 Å². The quantitative estimate of drug-likeness (QED) is 0.150. The summed E-state index contributed by atoms with van der Waals surface area (Å²) in [6, 6.07) is 19.3. The van der Waals surface area contributed by atoms with Crippen molar-refractivity contribution in [3.05, 3.63) is 88.0 Å². The van der Waals surface area contributed by atoms with E-state index in [0.29, 0.717) is 47.7 Å². The number of hydrogen-bond acceptors (Lipinski definition) is 9. The Bertz CT molecular complexity index is 1690. The fraction of sp³-hybridized carbons (Fsp3) is 0.290. The summed E-state index contributed by atoms with van der Waals surface area (Å²) in [6.07, 6.45) is 0. The van der Waals surface area contributed by atoms with Gasteiger partial charge in [-0.05, 0) is 56.3 Å². The van der Waals surface area contributed by atoms with Crippen LogP contribution in [0.5, 0.6) is 11.5 Å². The number of amides is 2. The molecule has 12 nitrogen and oxygen atoms in total. The van der Waals surface area contributed by atoms with Gasteiger partial charge in [-0.25, -0.2) is 0 Å². The summed E-state index contributed by atoms with van der Waals surface area (Å²) in [4.78, 5) is 40.8. The molecule has 2 amide bonds. The summed E-state index contributed by atoms with van der Waals surface area (Å²) in [7, 11) is 3.21. The molecule has 0 bridgehead atoms. The van der Waals surface area contributed by atoms with Crippen LogP contribution in [0.4, 0.5) is 5.69 Å². The number of carbonyl (C=O) groups excluding carboxylic acids is 2. The molecule has 1 aliphatic rings. The molecule has 1 aromatic heterocycles. The minimum atomic E-state index is -0.487. The normalized spacial score (nSPS) is 14.8. The Hall–Kier alpha value is -4.91. The molecule has 3 aromatic carbocycles. The van der Waals surface area contributed by atoms with Crippen molar-refractivity contribution in [1.29, 1.82) is 0 Å². The van der Waals surface area contributed by atoms with Crippen LogP contribution < -0.4 is 9.47 Å². The van der Waals surface area contributed by atoms with E-state index in [9.17, 15) is 19.7 Å². The smallest absolute Gasteiger partial charge is 0.273 e. The van der Waals surface area contributed by atoms with Gasteiger partial charge in [0.15, 0.2) is 11.0 Å². The van der Waals surface area contributed by atoms with Gasteiger partial charge in [-0.1, -0.05) is 30.0 Å². The first-order valence-electron chi connectivity index (χ1n) is 13.9. The third-order valence-corrected chi connectivity index (χ3v) is 8.42. The van der Waals surface area contributed by atoms with E-state index in [0.717, 1.165) is 11.3 Å². The highest BCUT2D eigenvalue weighted by Gasteiger charge is 2.31. The van der Waals surface area contributed by atoms with Crippen molar-refractivity contribution in [2.24, 2.45) is 0 Å². The van der Waals surface area contributed by atoms with Crippen LogP contribution in [0, 0.1) is 17.0 Å². The van der Waals surface area contributed by atoms with Crippen LogP contribution >= 0.6 is 11.8 Å². The zero-order valence-electron chi connectivity index (χ0n) is 24.8. The number of nitro benzene ring substituents is 1. The Morgan fingerprint density at radius 2 is 1.75 bits per heavy atom. The van der Waals surface area contributed by atoms with Gasteiger partial charge in [0, 0.05) is 54.1 Å². The average Bonchev–Trinajstić information content (AvgIpc) is 3.47. The highest BCUT2D eigenvalue weighted by Crippen LogP contribution is 2.31. The van der Waals surface area contributed by atoms with Crippen molar-refractivity contribution in [1.82, 2.24) is 24.6 Å². The molecule has 0 aliphatic carbocycles. The van der Waals surface area contributed by atoms with Gasteiger partial charge >= 0.3 is 0 Å². The number of ether oxygens (including phenoxy) is 2. The molecule has 1 unspecified atom stereocenters. The monoisotopic (exact) mass is 616 g/mol. The van der Waals surface area contributed by atoms with Crippen LogP contribution in [0.2, 0.25) is 0 Å². The summed E-state index contributed by atoms with van der Waals surface area (Å²) >= 11 is 1.28. The van der Waals surface area contributed by atoms with Crippen LogP contribution in [0.15, 0.2) is 71.9 Å². The molecular weight excluding hydrogens is 584 g/mol. The number of benzene rings is 3. The molecule has 0 radical (unpaired) electrons. The van der Waals surface area contributed by atoms with Crippen LogP contribution in [0.25, 0.3) is 17.1 Å². The van der Waals surface area contributed by atoms with Crippen molar-refractivity contribution in [2.75, 3.05) is 39.6 Å². The Labute approximate surface area is 258 Å². The van der Waals surface area contributed by atoms with Crippen LogP contribution in [0.3, 0.4) is 0 Å². The maximum atomic E-state index is 13.3. The zero-order chi connectivity index (χ0) is 31.4. The number of rotatable bonds is 9. The van der Waals surface area contributed by atoms with E-state index in [2.05, 4.69) is 10.2 Å². The van der Waals surface area contributed by atoms with E-state index in [1.165, 1.54) is 17.8 Å². The van der Waals surface area contributed by atoms with E-state index in [1.54, 1.807) is 43.1 Å². The maximum Gasteiger partial charge on any atom is 0.273 e. The number of hydrogen-bond donors (Lipinski definition) is 0. The molecule has 2 heterocycles. The van der Waals surface area contributed by atoms with Crippen molar-refractivity contribution >= 4 is 29.3 Å². The highest BCUT2D eigenvalue weighted by atomic mass is 32.2. The molecule has 0 spiro atoms. The van der Waals surface area contributed by atoms with Crippen molar-refractivity contribution in [3.63, 3.8) is 0 Å². The molecule has 1 fully saturated rings. The minimum absolute atomic E-state index is 0.0906. The molecule has 13 heteroatoms. The second-order valence-corrected chi connectivity index (χ2v) is 11.2. The molecular formula is C31H32N6O6S. The van der Waals surface area contributed by atoms with E-state index in [-0.39, 0.29) is 34.9 Å². The number of aromatic nitrogens is 3. The number of nitro groups is 1.